The van der Waals surface area contributed by atoms with Crippen LogP contribution in [-0.2, 0) is 6.54 Å². The number of benzene rings is 1. The number of nitrogens with zero attached hydrogens (tertiary/aromatic N) is 2. The molecule has 0 saturated heterocycles. The van der Waals surface area contributed by atoms with Crippen LogP contribution < -0.4 is 5.32 Å². The number of nitrogens with one attached hydrogen (secondary N) is 1. The molecule has 2 heterocycles. The molecule has 0 unspecified atom stereocenters. The van der Waals surface area contributed by atoms with Gasteiger partial charge in [0.15, 0.2) is 0 Å². The van der Waals surface area contributed by atoms with Crippen molar-refractivity contribution >= 4 is 28.4 Å². The van der Waals surface area contributed by atoms with Gasteiger partial charge in [0.2, 0.25) is 0 Å². The van der Waals surface area contributed by atoms with Crippen LogP contribution in [0.15, 0.2) is 41.4 Å². The Morgan fingerprint density at radius 1 is 1.21 bits per heavy atom. The van der Waals surface area contributed by atoms with Crippen molar-refractivity contribution in [2.75, 3.05) is 5.32 Å². The fourth-order valence-electron chi connectivity index (χ4n) is 1.81. The minimum Gasteiger partial charge on any atom is -0.380 e. The van der Waals surface area contributed by atoms with E-state index < -0.39 is 0 Å². The normalized spacial score (nSPS) is 10.6. The van der Waals surface area contributed by atoms with Crippen LogP contribution in [0.4, 0.5) is 5.69 Å². The van der Waals surface area contributed by atoms with Crippen molar-refractivity contribution in [2.24, 2.45) is 0 Å². The lowest BCUT2D eigenvalue weighted by atomic mass is 10.2. The van der Waals surface area contributed by atoms with Crippen molar-refractivity contribution in [3.8, 4) is 10.6 Å². The quantitative estimate of drug-likeness (QED) is 0.782. The number of rotatable bonds is 4. The Bertz CT molecular complexity index is 659. The van der Waals surface area contributed by atoms with E-state index in [9.17, 15) is 0 Å². The van der Waals surface area contributed by atoms with Crippen LogP contribution in [0.25, 0.3) is 10.6 Å². The first-order valence-corrected chi connectivity index (χ1v) is 7.71. The van der Waals surface area contributed by atoms with E-state index in [1.165, 1.54) is 4.88 Å². The van der Waals surface area contributed by atoms with Gasteiger partial charge in [0.25, 0.3) is 0 Å². The Hall–Kier alpha value is -1.72. The molecule has 96 valence electrons. The van der Waals surface area contributed by atoms with Gasteiger partial charge in [-0.25, -0.2) is 9.97 Å². The second-order valence-electron chi connectivity index (χ2n) is 4.13. The predicted molar refractivity (Wildman–Crippen MR) is 81.7 cm³/mol. The van der Waals surface area contributed by atoms with Crippen molar-refractivity contribution in [1.82, 2.24) is 9.97 Å². The largest absolute Gasteiger partial charge is 0.380 e. The van der Waals surface area contributed by atoms with Crippen LogP contribution in [0.1, 0.15) is 10.6 Å². The number of thiazole rings is 2. The number of hydrogen-bond donors (Lipinski definition) is 1. The van der Waals surface area contributed by atoms with Crippen LogP contribution in [0.5, 0.6) is 0 Å². The molecule has 5 heteroatoms. The summed E-state index contributed by atoms with van der Waals surface area (Å²) < 4.78 is 0. The fraction of sp³-hybridized carbons (Fsp3) is 0.143. The van der Waals surface area contributed by atoms with Gasteiger partial charge in [-0.3, -0.25) is 0 Å². The molecular weight excluding hydrogens is 274 g/mol. The maximum absolute atomic E-state index is 4.33. The highest BCUT2D eigenvalue weighted by Gasteiger charge is 2.03. The Kier molecular flexibility index (Phi) is 3.57. The van der Waals surface area contributed by atoms with Crippen LogP contribution >= 0.6 is 22.7 Å². The van der Waals surface area contributed by atoms with E-state index in [-0.39, 0.29) is 0 Å². The van der Waals surface area contributed by atoms with Crippen molar-refractivity contribution in [2.45, 2.75) is 13.5 Å². The molecule has 2 aromatic heterocycles. The van der Waals surface area contributed by atoms with Crippen LogP contribution in [0.2, 0.25) is 0 Å². The molecule has 3 nitrogen and oxygen atoms in total. The maximum atomic E-state index is 4.33. The number of anilines is 1. The Morgan fingerprint density at radius 3 is 2.89 bits per heavy atom. The van der Waals surface area contributed by atoms with E-state index in [4.69, 9.17) is 0 Å². The summed E-state index contributed by atoms with van der Waals surface area (Å²) in [6.45, 7) is 2.86. The summed E-state index contributed by atoms with van der Waals surface area (Å²) in [7, 11) is 0. The summed E-state index contributed by atoms with van der Waals surface area (Å²) in [5.74, 6) is 0. The van der Waals surface area contributed by atoms with Gasteiger partial charge in [-0.2, -0.15) is 0 Å². The lowest BCUT2D eigenvalue weighted by Crippen LogP contribution is -1.99. The molecule has 19 heavy (non-hydrogen) atoms. The van der Waals surface area contributed by atoms with Gasteiger partial charge in [-0.05, 0) is 19.1 Å². The molecule has 3 rings (SSSR count). The smallest absolute Gasteiger partial charge is 0.123 e. The minimum absolute atomic E-state index is 0.817. The summed E-state index contributed by atoms with van der Waals surface area (Å²) in [5.41, 5.74) is 5.26. The Morgan fingerprint density at radius 2 is 2.16 bits per heavy atom. The second-order valence-corrected chi connectivity index (χ2v) is 5.97. The summed E-state index contributed by atoms with van der Waals surface area (Å²) >= 11 is 3.34. The summed E-state index contributed by atoms with van der Waals surface area (Å²) in [6, 6.07) is 8.35. The van der Waals surface area contributed by atoms with Crippen LogP contribution in [-0.4, -0.2) is 9.97 Å². The molecule has 0 aliphatic heterocycles. The lowest BCUT2D eigenvalue weighted by Gasteiger charge is -2.06. The van der Waals surface area contributed by atoms with E-state index in [0.29, 0.717) is 0 Å². The summed E-state index contributed by atoms with van der Waals surface area (Å²) in [6.07, 6.45) is 1.83. The van der Waals surface area contributed by atoms with Gasteiger partial charge in [0.05, 0.1) is 17.7 Å². The van der Waals surface area contributed by atoms with Gasteiger partial charge < -0.3 is 5.32 Å². The maximum Gasteiger partial charge on any atom is 0.123 e. The average molecular weight is 287 g/mol. The lowest BCUT2D eigenvalue weighted by molar-refractivity contribution is 1.12. The van der Waals surface area contributed by atoms with E-state index in [1.54, 1.807) is 22.7 Å². The monoisotopic (exact) mass is 287 g/mol. The first kappa shape index (κ1) is 12.3. The van der Waals surface area contributed by atoms with Crippen molar-refractivity contribution in [3.05, 3.63) is 51.9 Å². The van der Waals surface area contributed by atoms with E-state index in [2.05, 4.69) is 39.6 Å². The van der Waals surface area contributed by atoms with Crippen molar-refractivity contribution < 1.29 is 0 Å². The Balaban J connectivity index is 1.75. The molecule has 0 spiro atoms. The topological polar surface area (TPSA) is 37.8 Å². The van der Waals surface area contributed by atoms with Gasteiger partial charge in [0, 0.05) is 27.7 Å². The first-order chi connectivity index (χ1) is 9.33. The van der Waals surface area contributed by atoms with E-state index >= 15 is 0 Å². The molecule has 0 aliphatic rings. The average Bonchev–Trinajstić information content (AvgIpc) is 3.08. The molecule has 3 aromatic rings. The number of aryl methyl sites for hydroxylation is 1. The predicted octanol–water partition coefficient (Wildman–Crippen LogP) is 4.19. The standard InChI is InChI=1S/C14H13N3S2/c1-10-13(19-9-17-10)8-16-12-4-2-3-11(7-12)14-15-5-6-18-14/h2-7,9,16H,8H2,1H3. The fourth-order valence-corrected chi connectivity index (χ4v) is 3.16. The molecule has 1 aromatic carbocycles. The molecule has 0 aliphatic carbocycles. The van der Waals surface area contributed by atoms with Crippen molar-refractivity contribution in [3.63, 3.8) is 0 Å². The van der Waals surface area contributed by atoms with Gasteiger partial charge in [-0.15, -0.1) is 22.7 Å². The molecule has 0 radical (unpaired) electrons. The Labute approximate surface area is 120 Å². The molecule has 0 atom stereocenters. The third kappa shape index (κ3) is 2.83. The molecule has 0 amide bonds. The minimum atomic E-state index is 0.817. The summed E-state index contributed by atoms with van der Waals surface area (Å²) in [4.78, 5) is 9.87. The van der Waals surface area contributed by atoms with Gasteiger partial charge in [0.1, 0.15) is 5.01 Å². The number of hydrogen-bond acceptors (Lipinski definition) is 5. The molecule has 0 saturated carbocycles. The SMILES string of the molecule is Cc1ncsc1CNc1cccc(-c2nccs2)c1. The zero-order valence-electron chi connectivity index (χ0n) is 10.5. The highest BCUT2D eigenvalue weighted by molar-refractivity contribution is 7.13. The van der Waals surface area contributed by atoms with Gasteiger partial charge in [-0.1, -0.05) is 12.1 Å². The zero-order chi connectivity index (χ0) is 13.1. The van der Waals surface area contributed by atoms with Gasteiger partial charge >= 0.3 is 0 Å². The summed E-state index contributed by atoms with van der Waals surface area (Å²) in [5, 5.41) is 6.49. The van der Waals surface area contributed by atoms with Crippen LogP contribution in [0.3, 0.4) is 0 Å². The molecular formula is C14H13N3S2. The van der Waals surface area contributed by atoms with Crippen molar-refractivity contribution in [1.29, 1.82) is 0 Å². The molecule has 1 N–H and O–H groups in total. The molecule has 0 bridgehead atoms. The highest BCUT2D eigenvalue weighted by atomic mass is 32.1. The second kappa shape index (κ2) is 5.50. The zero-order valence-corrected chi connectivity index (χ0v) is 12.1. The number of aromatic nitrogens is 2. The van der Waals surface area contributed by atoms with E-state index in [1.807, 2.05) is 24.0 Å². The molecule has 0 fully saturated rings. The highest BCUT2D eigenvalue weighted by Crippen LogP contribution is 2.25. The first-order valence-electron chi connectivity index (χ1n) is 5.96. The van der Waals surface area contributed by atoms with E-state index in [0.717, 1.165) is 28.5 Å². The third-order valence-electron chi connectivity index (χ3n) is 2.84. The third-order valence-corrected chi connectivity index (χ3v) is 4.60. The van der Waals surface area contributed by atoms with Crippen LogP contribution in [0, 0.1) is 6.92 Å².